The Morgan fingerprint density at radius 3 is 3.24 bits per heavy atom. The normalized spacial score (nSPS) is 21.1. The lowest BCUT2D eigenvalue weighted by molar-refractivity contribution is 0.240. The fourth-order valence-corrected chi connectivity index (χ4v) is 2.96. The van der Waals surface area contributed by atoms with E-state index in [0.29, 0.717) is 6.04 Å². The van der Waals surface area contributed by atoms with Crippen LogP contribution < -0.4 is 0 Å². The van der Waals surface area contributed by atoms with Crippen molar-refractivity contribution in [2.24, 2.45) is 0 Å². The van der Waals surface area contributed by atoms with Crippen LogP contribution >= 0.6 is 11.3 Å². The molecule has 1 aliphatic rings. The lowest BCUT2D eigenvalue weighted by Gasteiger charge is -2.20. The molecule has 0 spiro atoms. The smallest absolute Gasteiger partial charge is 0.167 e. The van der Waals surface area contributed by atoms with Gasteiger partial charge in [-0.2, -0.15) is 5.10 Å². The number of nitrogens with zero attached hydrogens (tertiary/aromatic N) is 4. The summed E-state index contributed by atoms with van der Waals surface area (Å²) in [6, 6.07) is 0.351. The largest absolute Gasteiger partial charge is 0.287 e. The minimum absolute atomic E-state index is 0.351. The Labute approximate surface area is 104 Å². The highest BCUT2D eigenvalue weighted by Gasteiger charge is 2.29. The summed E-state index contributed by atoms with van der Waals surface area (Å²) in [6.07, 6.45) is 4.22. The molecule has 0 unspecified atom stereocenters. The SMILES string of the molecule is Cc1nc([C@H]2CCCN2Cc2nccs2)n[nH]1. The second-order valence-corrected chi connectivity index (χ2v) is 5.31. The van der Waals surface area contributed by atoms with E-state index in [4.69, 9.17) is 0 Å². The van der Waals surface area contributed by atoms with Crippen LogP contribution in [0, 0.1) is 6.92 Å². The highest BCUT2D eigenvalue weighted by molar-refractivity contribution is 7.09. The van der Waals surface area contributed by atoms with E-state index in [0.717, 1.165) is 31.2 Å². The molecule has 6 heteroatoms. The van der Waals surface area contributed by atoms with E-state index in [1.165, 1.54) is 11.4 Å². The summed E-state index contributed by atoms with van der Waals surface area (Å²) in [6.45, 7) is 3.96. The van der Waals surface area contributed by atoms with Gasteiger partial charge in [0.25, 0.3) is 0 Å². The minimum Gasteiger partial charge on any atom is -0.287 e. The number of nitrogens with one attached hydrogen (secondary N) is 1. The lowest BCUT2D eigenvalue weighted by atomic mass is 10.2. The average molecular weight is 249 g/mol. The molecule has 3 rings (SSSR count). The Hall–Kier alpha value is -1.27. The predicted octanol–water partition coefficient (Wildman–Crippen LogP) is 1.91. The highest BCUT2D eigenvalue weighted by Crippen LogP contribution is 2.31. The van der Waals surface area contributed by atoms with Crippen molar-refractivity contribution in [2.45, 2.75) is 32.4 Å². The van der Waals surface area contributed by atoms with Gasteiger partial charge in [0.2, 0.25) is 0 Å². The van der Waals surface area contributed by atoms with Gasteiger partial charge in [-0.1, -0.05) is 0 Å². The first-order valence-corrected chi connectivity index (χ1v) is 6.72. The van der Waals surface area contributed by atoms with Gasteiger partial charge in [0, 0.05) is 11.6 Å². The van der Waals surface area contributed by atoms with Crippen molar-refractivity contribution < 1.29 is 0 Å². The summed E-state index contributed by atoms with van der Waals surface area (Å²) in [5.74, 6) is 1.82. The van der Waals surface area contributed by atoms with Crippen molar-refractivity contribution >= 4 is 11.3 Å². The second-order valence-electron chi connectivity index (χ2n) is 4.33. The average Bonchev–Trinajstić information content (AvgIpc) is 2.99. The molecule has 5 nitrogen and oxygen atoms in total. The number of aromatic amines is 1. The molecular formula is C11H15N5S. The number of H-pyrrole nitrogens is 1. The maximum atomic E-state index is 4.45. The lowest BCUT2D eigenvalue weighted by Crippen LogP contribution is -2.23. The number of thiazole rings is 1. The van der Waals surface area contributed by atoms with Gasteiger partial charge in [-0.25, -0.2) is 9.97 Å². The van der Waals surface area contributed by atoms with Crippen molar-refractivity contribution in [2.75, 3.05) is 6.54 Å². The Balaban J connectivity index is 1.76. The number of rotatable bonds is 3. The Bertz CT molecular complexity index is 478. The second kappa shape index (κ2) is 4.54. The van der Waals surface area contributed by atoms with Crippen molar-refractivity contribution in [3.05, 3.63) is 28.2 Å². The van der Waals surface area contributed by atoms with Crippen LogP contribution in [0.3, 0.4) is 0 Å². The molecule has 17 heavy (non-hydrogen) atoms. The summed E-state index contributed by atoms with van der Waals surface area (Å²) >= 11 is 1.71. The number of aryl methyl sites for hydroxylation is 1. The molecule has 0 radical (unpaired) electrons. The third kappa shape index (κ3) is 2.23. The van der Waals surface area contributed by atoms with E-state index in [-0.39, 0.29) is 0 Å². The van der Waals surface area contributed by atoms with Gasteiger partial charge in [-0.15, -0.1) is 11.3 Å². The molecule has 3 heterocycles. The van der Waals surface area contributed by atoms with Crippen LogP contribution in [0.2, 0.25) is 0 Å². The molecule has 1 aliphatic heterocycles. The van der Waals surface area contributed by atoms with Crippen molar-refractivity contribution in [3.63, 3.8) is 0 Å². The van der Waals surface area contributed by atoms with E-state index < -0.39 is 0 Å². The molecule has 0 aliphatic carbocycles. The molecule has 2 aromatic heterocycles. The zero-order valence-electron chi connectivity index (χ0n) is 9.76. The molecular weight excluding hydrogens is 234 g/mol. The summed E-state index contributed by atoms with van der Waals surface area (Å²) < 4.78 is 0. The van der Waals surface area contributed by atoms with Crippen LogP contribution in [0.15, 0.2) is 11.6 Å². The van der Waals surface area contributed by atoms with Crippen LogP contribution in [-0.2, 0) is 6.54 Å². The summed E-state index contributed by atoms with van der Waals surface area (Å²) in [5, 5.41) is 10.4. The van der Waals surface area contributed by atoms with E-state index in [1.807, 2.05) is 18.5 Å². The molecule has 1 saturated heterocycles. The number of hydrogen-bond acceptors (Lipinski definition) is 5. The zero-order valence-corrected chi connectivity index (χ0v) is 10.6. The molecule has 0 bridgehead atoms. The fraction of sp³-hybridized carbons (Fsp3) is 0.545. The van der Waals surface area contributed by atoms with E-state index in [1.54, 1.807) is 11.3 Å². The third-order valence-corrected chi connectivity index (χ3v) is 3.86. The fourth-order valence-electron chi connectivity index (χ4n) is 2.32. The van der Waals surface area contributed by atoms with Crippen LogP contribution in [0.25, 0.3) is 0 Å². The standard InChI is InChI=1S/C11H15N5S/c1-8-13-11(15-14-8)9-3-2-5-16(9)7-10-12-4-6-17-10/h4,6,9H,2-3,5,7H2,1H3,(H,13,14,15)/t9-/m1/s1. The quantitative estimate of drug-likeness (QED) is 0.902. The number of likely N-dealkylation sites (tertiary alicyclic amines) is 1. The molecule has 0 amide bonds. The maximum Gasteiger partial charge on any atom is 0.167 e. The first-order valence-electron chi connectivity index (χ1n) is 5.84. The van der Waals surface area contributed by atoms with Gasteiger partial charge in [0.1, 0.15) is 10.8 Å². The Morgan fingerprint density at radius 2 is 2.53 bits per heavy atom. The zero-order chi connectivity index (χ0) is 11.7. The van der Waals surface area contributed by atoms with Gasteiger partial charge in [0.05, 0.1) is 12.6 Å². The van der Waals surface area contributed by atoms with E-state index in [9.17, 15) is 0 Å². The summed E-state index contributed by atoms with van der Waals surface area (Å²) in [7, 11) is 0. The van der Waals surface area contributed by atoms with Crippen molar-refractivity contribution in [3.8, 4) is 0 Å². The molecule has 90 valence electrons. The van der Waals surface area contributed by atoms with Crippen LogP contribution in [-0.4, -0.2) is 31.6 Å². The third-order valence-electron chi connectivity index (χ3n) is 3.10. The summed E-state index contributed by atoms with van der Waals surface area (Å²) in [4.78, 5) is 11.2. The van der Waals surface area contributed by atoms with Gasteiger partial charge in [0.15, 0.2) is 5.82 Å². The molecule has 1 atom stereocenters. The first-order chi connectivity index (χ1) is 8.33. The first kappa shape index (κ1) is 10.9. The highest BCUT2D eigenvalue weighted by atomic mass is 32.1. The number of aromatic nitrogens is 4. The molecule has 1 N–H and O–H groups in total. The minimum atomic E-state index is 0.351. The topological polar surface area (TPSA) is 57.7 Å². The molecule has 0 aromatic carbocycles. The van der Waals surface area contributed by atoms with Crippen LogP contribution in [0.1, 0.15) is 35.5 Å². The molecule has 2 aromatic rings. The molecule has 0 saturated carbocycles. The summed E-state index contributed by atoms with van der Waals surface area (Å²) in [5.41, 5.74) is 0. The van der Waals surface area contributed by atoms with Crippen LogP contribution in [0.5, 0.6) is 0 Å². The van der Waals surface area contributed by atoms with Crippen LogP contribution in [0.4, 0.5) is 0 Å². The Kier molecular flexibility index (Phi) is 2.90. The van der Waals surface area contributed by atoms with Gasteiger partial charge < -0.3 is 0 Å². The van der Waals surface area contributed by atoms with Gasteiger partial charge in [-0.3, -0.25) is 10.00 Å². The molecule has 1 fully saturated rings. The predicted molar refractivity (Wildman–Crippen MR) is 65.6 cm³/mol. The van der Waals surface area contributed by atoms with Gasteiger partial charge >= 0.3 is 0 Å². The van der Waals surface area contributed by atoms with Gasteiger partial charge in [-0.05, 0) is 26.3 Å². The number of hydrogen-bond donors (Lipinski definition) is 1. The van der Waals surface area contributed by atoms with Crippen molar-refractivity contribution in [1.29, 1.82) is 0 Å². The van der Waals surface area contributed by atoms with Crippen molar-refractivity contribution in [1.82, 2.24) is 25.1 Å². The monoisotopic (exact) mass is 249 g/mol. The Morgan fingerprint density at radius 1 is 1.59 bits per heavy atom. The van der Waals surface area contributed by atoms with E-state index in [2.05, 4.69) is 25.1 Å². The maximum absolute atomic E-state index is 4.45. The van der Waals surface area contributed by atoms with E-state index >= 15 is 0 Å².